The van der Waals surface area contributed by atoms with Crippen molar-refractivity contribution in [1.82, 2.24) is 19.6 Å². The van der Waals surface area contributed by atoms with Crippen LogP contribution in [-0.4, -0.2) is 80.6 Å². The molecule has 1 aliphatic heterocycles. The van der Waals surface area contributed by atoms with E-state index in [9.17, 15) is 18.6 Å². The number of amides is 2. The lowest BCUT2D eigenvalue weighted by molar-refractivity contribution is -0.138. The predicted octanol–water partition coefficient (Wildman–Crippen LogP) is 1.86. The zero-order valence-electron chi connectivity index (χ0n) is 19.4. The average Bonchev–Trinajstić information content (AvgIpc) is 3.40. The Hall–Kier alpha value is -2.53. The fourth-order valence-corrected chi connectivity index (χ4v) is 5.63. The minimum atomic E-state index is -1.54. The van der Waals surface area contributed by atoms with Gasteiger partial charge >= 0.3 is 5.97 Å². The van der Waals surface area contributed by atoms with E-state index in [1.165, 1.54) is 10.9 Å². The second-order valence-corrected chi connectivity index (χ2v) is 10.3. The van der Waals surface area contributed by atoms with Crippen molar-refractivity contribution < 1.29 is 23.3 Å². The molecule has 2 aromatic rings. The summed E-state index contributed by atoms with van der Waals surface area (Å²) in [7, 11) is 0.173. The topological polar surface area (TPSA) is 102 Å². The van der Waals surface area contributed by atoms with E-state index < -0.39 is 16.8 Å². The summed E-state index contributed by atoms with van der Waals surface area (Å²) < 4.78 is 18.8. The standard InChI is InChI=1S/C22H30N4O5S2/c1-5-31-22(29)20-15(2)23-26(21(20)33(4)30)14-19(28)24(3)16-8-6-10-25(13-16)18(27)12-17-9-7-11-32-17/h7,9,11,16H,5-6,8,10,12-14H2,1-4H3/t16-,33?/m0/s1. The summed E-state index contributed by atoms with van der Waals surface area (Å²) in [6.45, 7) is 4.52. The predicted molar refractivity (Wildman–Crippen MR) is 126 cm³/mol. The second kappa shape index (κ2) is 11.1. The number of aryl methyl sites for hydroxylation is 1. The molecule has 11 heteroatoms. The van der Waals surface area contributed by atoms with Gasteiger partial charge in [-0.3, -0.25) is 13.8 Å². The normalized spacial score (nSPS) is 17.0. The van der Waals surface area contributed by atoms with Crippen LogP contribution in [0.15, 0.2) is 22.5 Å². The highest BCUT2D eigenvalue weighted by Gasteiger charge is 2.31. The summed E-state index contributed by atoms with van der Waals surface area (Å²) in [4.78, 5) is 42.6. The van der Waals surface area contributed by atoms with Crippen molar-refractivity contribution >= 4 is 39.9 Å². The summed E-state index contributed by atoms with van der Waals surface area (Å²) >= 11 is 1.56. The Labute approximate surface area is 200 Å². The first-order valence-electron chi connectivity index (χ1n) is 10.9. The van der Waals surface area contributed by atoms with E-state index in [0.29, 0.717) is 25.2 Å². The first-order chi connectivity index (χ1) is 15.7. The Bertz CT molecular complexity index is 1030. The molecule has 0 aromatic carbocycles. The van der Waals surface area contributed by atoms with Gasteiger partial charge in [-0.25, -0.2) is 9.48 Å². The lowest BCUT2D eigenvalue weighted by Gasteiger charge is -2.37. The van der Waals surface area contributed by atoms with E-state index in [1.54, 1.807) is 37.1 Å². The minimum Gasteiger partial charge on any atom is -0.462 e. The number of nitrogens with zero attached hydrogens (tertiary/aromatic N) is 4. The molecule has 0 radical (unpaired) electrons. The van der Waals surface area contributed by atoms with E-state index in [1.807, 2.05) is 22.4 Å². The van der Waals surface area contributed by atoms with Gasteiger partial charge < -0.3 is 14.5 Å². The quantitative estimate of drug-likeness (QED) is 0.519. The largest absolute Gasteiger partial charge is 0.462 e. The van der Waals surface area contributed by atoms with Gasteiger partial charge in [0, 0.05) is 37.3 Å². The number of carbonyl (C=O) groups is 3. The number of likely N-dealkylation sites (tertiary alicyclic amines) is 1. The molecule has 0 bridgehead atoms. The highest BCUT2D eigenvalue weighted by Crippen LogP contribution is 2.21. The fraction of sp³-hybridized carbons (Fsp3) is 0.545. The van der Waals surface area contributed by atoms with Crippen LogP contribution in [0.1, 0.15) is 40.7 Å². The maximum absolute atomic E-state index is 13.1. The van der Waals surface area contributed by atoms with Crippen LogP contribution >= 0.6 is 11.3 Å². The third kappa shape index (κ3) is 5.89. The molecule has 9 nitrogen and oxygen atoms in total. The maximum Gasteiger partial charge on any atom is 0.342 e. The molecule has 1 saturated heterocycles. The molecule has 1 fully saturated rings. The number of hydrogen-bond donors (Lipinski definition) is 0. The first-order valence-corrected chi connectivity index (χ1v) is 13.3. The van der Waals surface area contributed by atoms with E-state index in [4.69, 9.17) is 4.74 Å². The summed E-state index contributed by atoms with van der Waals surface area (Å²) in [5, 5.41) is 6.44. The van der Waals surface area contributed by atoms with Crippen molar-refractivity contribution in [2.45, 2.75) is 50.7 Å². The van der Waals surface area contributed by atoms with Crippen LogP contribution in [0, 0.1) is 6.92 Å². The molecule has 2 aromatic heterocycles. The first kappa shape index (κ1) is 25.1. The number of ether oxygens (including phenoxy) is 1. The van der Waals surface area contributed by atoms with Crippen molar-refractivity contribution in [2.24, 2.45) is 0 Å². The van der Waals surface area contributed by atoms with Crippen molar-refractivity contribution in [2.75, 3.05) is 33.0 Å². The highest BCUT2D eigenvalue weighted by molar-refractivity contribution is 7.84. The molecule has 0 spiro atoms. The average molecular weight is 495 g/mol. The van der Waals surface area contributed by atoms with Crippen LogP contribution in [0.25, 0.3) is 0 Å². The van der Waals surface area contributed by atoms with Crippen molar-refractivity contribution in [3.8, 4) is 0 Å². The number of esters is 1. The van der Waals surface area contributed by atoms with E-state index in [2.05, 4.69) is 5.10 Å². The van der Waals surface area contributed by atoms with Gasteiger partial charge in [0.2, 0.25) is 11.8 Å². The smallest absolute Gasteiger partial charge is 0.342 e. The van der Waals surface area contributed by atoms with Crippen LogP contribution in [0.4, 0.5) is 0 Å². The van der Waals surface area contributed by atoms with Gasteiger partial charge in [-0.15, -0.1) is 11.3 Å². The highest BCUT2D eigenvalue weighted by atomic mass is 32.2. The van der Waals surface area contributed by atoms with E-state index >= 15 is 0 Å². The molecular formula is C22H30N4O5S2. The van der Waals surface area contributed by atoms with Crippen molar-refractivity contribution in [1.29, 1.82) is 0 Å². The van der Waals surface area contributed by atoms with E-state index in [0.717, 1.165) is 17.7 Å². The molecule has 2 atom stereocenters. The number of hydrogen-bond acceptors (Lipinski definition) is 7. The Morgan fingerprint density at radius 2 is 2.12 bits per heavy atom. The summed E-state index contributed by atoms with van der Waals surface area (Å²) in [6.07, 6.45) is 3.43. The fourth-order valence-electron chi connectivity index (χ4n) is 4.01. The van der Waals surface area contributed by atoms with Gasteiger partial charge in [0.05, 0.1) is 29.5 Å². The van der Waals surface area contributed by atoms with Gasteiger partial charge in [-0.1, -0.05) is 6.07 Å². The van der Waals surface area contributed by atoms with Gasteiger partial charge in [0.1, 0.15) is 17.1 Å². The molecule has 1 aliphatic rings. The monoisotopic (exact) mass is 494 g/mol. The number of piperidine rings is 1. The summed E-state index contributed by atoms with van der Waals surface area (Å²) in [5.74, 6) is -0.759. The van der Waals surface area contributed by atoms with Gasteiger partial charge in [0.15, 0.2) is 0 Å². The van der Waals surface area contributed by atoms with Gasteiger partial charge in [0.25, 0.3) is 0 Å². The third-order valence-corrected chi connectivity index (χ3v) is 7.55. The molecule has 0 aliphatic carbocycles. The number of carbonyl (C=O) groups excluding carboxylic acids is 3. The Morgan fingerprint density at radius 1 is 1.36 bits per heavy atom. The van der Waals surface area contributed by atoms with Gasteiger partial charge in [-0.05, 0) is 38.1 Å². The third-order valence-electron chi connectivity index (χ3n) is 5.71. The maximum atomic E-state index is 13.1. The molecular weight excluding hydrogens is 464 g/mol. The van der Waals surface area contributed by atoms with Crippen molar-refractivity contribution in [3.05, 3.63) is 33.6 Å². The molecule has 180 valence electrons. The van der Waals surface area contributed by atoms with Crippen molar-refractivity contribution in [3.63, 3.8) is 0 Å². The lowest BCUT2D eigenvalue weighted by Crippen LogP contribution is -2.51. The molecule has 1 unspecified atom stereocenters. The summed E-state index contributed by atoms with van der Waals surface area (Å²) in [6, 6.07) is 3.77. The molecule has 0 N–H and O–H groups in total. The minimum absolute atomic E-state index is 0.0634. The number of rotatable bonds is 8. The lowest BCUT2D eigenvalue weighted by atomic mass is 10.0. The Balaban J connectivity index is 1.70. The second-order valence-electron chi connectivity index (χ2n) is 7.99. The van der Waals surface area contributed by atoms with Crippen LogP contribution in [0.3, 0.4) is 0 Å². The van der Waals surface area contributed by atoms with Crippen LogP contribution < -0.4 is 0 Å². The number of aromatic nitrogens is 2. The SMILES string of the molecule is CCOC(=O)c1c(C)nn(CC(=O)N(C)[C@H]2CCCN(C(=O)Cc3cccs3)C2)c1S(C)=O. The van der Waals surface area contributed by atoms with E-state index in [-0.39, 0.29) is 41.6 Å². The summed E-state index contributed by atoms with van der Waals surface area (Å²) in [5.41, 5.74) is 0.522. The zero-order valence-corrected chi connectivity index (χ0v) is 21.0. The number of thiophene rings is 1. The molecule has 3 heterocycles. The molecule has 3 rings (SSSR count). The zero-order chi connectivity index (χ0) is 24.1. The number of likely N-dealkylation sites (N-methyl/N-ethyl adjacent to an activating group) is 1. The van der Waals surface area contributed by atoms with Crippen LogP contribution in [0.2, 0.25) is 0 Å². The van der Waals surface area contributed by atoms with Gasteiger partial charge in [-0.2, -0.15) is 5.10 Å². The Kier molecular flexibility index (Phi) is 8.41. The Morgan fingerprint density at radius 3 is 2.76 bits per heavy atom. The van der Waals surface area contributed by atoms with Crippen LogP contribution in [0.5, 0.6) is 0 Å². The van der Waals surface area contributed by atoms with Crippen LogP contribution in [-0.2, 0) is 38.1 Å². The molecule has 2 amide bonds. The molecule has 33 heavy (non-hydrogen) atoms. The molecule has 0 saturated carbocycles.